The van der Waals surface area contributed by atoms with Crippen LogP contribution >= 0.6 is 11.3 Å². The first-order valence-electron chi connectivity index (χ1n) is 8.52. The van der Waals surface area contributed by atoms with Gasteiger partial charge in [-0.25, -0.2) is 4.98 Å². The third-order valence-electron chi connectivity index (χ3n) is 4.07. The Balaban J connectivity index is 1.56. The van der Waals surface area contributed by atoms with Gasteiger partial charge in [-0.2, -0.15) is 0 Å². The number of hydrogen-bond acceptors (Lipinski definition) is 3. The Labute approximate surface area is 153 Å². The van der Waals surface area contributed by atoms with Gasteiger partial charge in [-0.05, 0) is 28.3 Å². The van der Waals surface area contributed by atoms with E-state index in [0.29, 0.717) is 12.5 Å². The molecule has 0 spiro atoms. The van der Waals surface area contributed by atoms with Crippen LogP contribution in [0.5, 0.6) is 0 Å². The van der Waals surface area contributed by atoms with Crippen molar-refractivity contribution in [2.45, 2.75) is 32.9 Å². The lowest BCUT2D eigenvalue weighted by atomic mass is 10.1. The highest BCUT2D eigenvalue weighted by Gasteiger charge is 2.06. The predicted molar refractivity (Wildman–Crippen MR) is 107 cm³/mol. The van der Waals surface area contributed by atoms with Crippen LogP contribution < -0.4 is 10.6 Å². The van der Waals surface area contributed by atoms with Crippen LogP contribution in [0, 0.1) is 0 Å². The van der Waals surface area contributed by atoms with Crippen molar-refractivity contribution < 1.29 is 0 Å². The average molecular weight is 353 g/mol. The summed E-state index contributed by atoms with van der Waals surface area (Å²) in [5.41, 5.74) is 2.39. The van der Waals surface area contributed by atoms with Crippen molar-refractivity contribution in [1.82, 2.24) is 15.6 Å². The zero-order chi connectivity index (χ0) is 17.6. The molecule has 4 nitrogen and oxygen atoms in total. The molecular weight excluding hydrogens is 328 g/mol. The molecule has 0 aliphatic heterocycles. The molecule has 0 saturated heterocycles. The van der Waals surface area contributed by atoms with Gasteiger partial charge in [0, 0.05) is 19.0 Å². The predicted octanol–water partition coefficient (Wildman–Crippen LogP) is 4.28. The van der Waals surface area contributed by atoms with Crippen LogP contribution in [-0.4, -0.2) is 18.0 Å². The Hall–Kier alpha value is -2.40. The van der Waals surface area contributed by atoms with Crippen LogP contribution in [0.15, 0.2) is 52.8 Å². The number of thiazole rings is 1. The summed E-state index contributed by atoms with van der Waals surface area (Å²) in [6, 6.07) is 14.9. The SMILES string of the molecule is CN=C(NCc1ccc2ccccc2c1)NCc1nc(C(C)C)cs1. The Morgan fingerprint density at radius 3 is 2.56 bits per heavy atom. The summed E-state index contributed by atoms with van der Waals surface area (Å²) >= 11 is 1.69. The molecule has 2 N–H and O–H groups in total. The van der Waals surface area contributed by atoms with Gasteiger partial charge in [0.15, 0.2) is 5.96 Å². The summed E-state index contributed by atoms with van der Waals surface area (Å²) in [5.74, 6) is 1.25. The Morgan fingerprint density at radius 1 is 1.08 bits per heavy atom. The van der Waals surface area contributed by atoms with Gasteiger partial charge >= 0.3 is 0 Å². The number of nitrogens with one attached hydrogen (secondary N) is 2. The van der Waals surface area contributed by atoms with Crippen LogP contribution in [0.3, 0.4) is 0 Å². The lowest BCUT2D eigenvalue weighted by molar-refractivity contribution is 0.785. The molecule has 0 radical (unpaired) electrons. The molecule has 0 atom stereocenters. The van der Waals surface area contributed by atoms with Crippen molar-refractivity contribution in [1.29, 1.82) is 0 Å². The first-order chi connectivity index (χ1) is 12.2. The van der Waals surface area contributed by atoms with E-state index in [-0.39, 0.29) is 0 Å². The molecule has 3 rings (SSSR count). The fraction of sp³-hybridized carbons (Fsp3) is 0.300. The Morgan fingerprint density at radius 2 is 1.84 bits per heavy atom. The largest absolute Gasteiger partial charge is 0.352 e. The standard InChI is InChI=1S/C20H24N4S/c1-14(2)18-13-25-19(24-18)12-23-20(21-3)22-11-15-8-9-16-6-4-5-7-17(16)10-15/h4-10,13-14H,11-12H2,1-3H3,(H2,21,22,23). The maximum absolute atomic E-state index is 4.64. The van der Waals surface area contributed by atoms with Crippen molar-refractivity contribution in [3.05, 3.63) is 64.1 Å². The van der Waals surface area contributed by atoms with Gasteiger partial charge in [-0.3, -0.25) is 4.99 Å². The lowest BCUT2D eigenvalue weighted by Gasteiger charge is -2.11. The normalized spacial score (nSPS) is 11.9. The Kier molecular flexibility index (Phi) is 5.66. The number of aliphatic imine (C=N–C) groups is 1. The van der Waals surface area contributed by atoms with E-state index in [1.807, 2.05) is 0 Å². The second-order valence-corrected chi connectivity index (χ2v) is 7.22. The van der Waals surface area contributed by atoms with Gasteiger partial charge in [-0.15, -0.1) is 11.3 Å². The lowest BCUT2D eigenvalue weighted by Crippen LogP contribution is -2.36. The van der Waals surface area contributed by atoms with Crippen molar-refractivity contribution in [3.8, 4) is 0 Å². The average Bonchev–Trinajstić information content (AvgIpc) is 3.11. The van der Waals surface area contributed by atoms with Crippen molar-refractivity contribution >= 4 is 28.1 Å². The molecule has 0 aliphatic carbocycles. The molecule has 5 heteroatoms. The molecule has 0 amide bonds. The van der Waals surface area contributed by atoms with Gasteiger partial charge in [0.2, 0.25) is 0 Å². The summed E-state index contributed by atoms with van der Waals surface area (Å²) in [6.45, 7) is 5.75. The smallest absolute Gasteiger partial charge is 0.191 e. The van der Waals surface area contributed by atoms with E-state index in [1.54, 1.807) is 18.4 Å². The zero-order valence-corrected chi connectivity index (χ0v) is 15.7. The first kappa shape index (κ1) is 17.4. The molecule has 0 saturated carbocycles. The highest BCUT2D eigenvalue weighted by molar-refractivity contribution is 7.09. The van der Waals surface area contributed by atoms with Crippen molar-refractivity contribution in [2.24, 2.45) is 4.99 Å². The van der Waals surface area contributed by atoms with Crippen molar-refractivity contribution in [2.75, 3.05) is 7.05 Å². The molecule has 25 heavy (non-hydrogen) atoms. The van der Waals surface area contributed by atoms with E-state index < -0.39 is 0 Å². The first-order valence-corrected chi connectivity index (χ1v) is 9.40. The number of guanidine groups is 1. The van der Waals surface area contributed by atoms with Crippen LogP contribution in [0.25, 0.3) is 10.8 Å². The number of hydrogen-bond donors (Lipinski definition) is 2. The summed E-state index contributed by atoms with van der Waals surface area (Å²) in [6.07, 6.45) is 0. The third kappa shape index (κ3) is 4.57. The minimum absolute atomic E-state index is 0.468. The summed E-state index contributed by atoms with van der Waals surface area (Å²) < 4.78 is 0. The zero-order valence-electron chi connectivity index (χ0n) is 14.9. The molecule has 1 heterocycles. The molecule has 0 unspecified atom stereocenters. The Bertz CT molecular complexity index is 867. The van der Waals surface area contributed by atoms with E-state index in [9.17, 15) is 0 Å². The molecule has 3 aromatic rings. The fourth-order valence-electron chi connectivity index (χ4n) is 2.59. The van der Waals surface area contributed by atoms with Crippen LogP contribution in [0.1, 0.15) is 36.0 Å². The summed E-state index contributed by atoms with van der Waals surface area (Å²) in [7, 11) is 1.79. The molecule has 1 aromatic heterocycles. The van der Waals surface area contributed by atoms with Crippen molar-refractivity contribution in [3.63, 3.8) is 0 Å². The quantitative estimate of drug-likeness (QED) is 0.532. The van der Waals surface area contributed by atoms with E-state index in [0.717, 1.165) is 23.2 Å². The number of fused-ring (bicyclic) bond motifs is 1. The fourth-order valence-corrected chi connectivity index (χ4v) is 3.48. The van der Waals surface area contributed by atoms with E-state index in [1.165, 1.54) is 16.3 Å². The van der Waals surface area contributed by atoms with Crippen LogP contribution in [-0.2, 0) is 13.1 Å². The maximum Gasteiger partial charge on any atom is 0.191 e. The van der Waals surface area contributed by atoms with Gasteiger partial charge < -0.3 is 10.6 Å². The van der Waals surface area contributed by atoms with Crippen LogP contribution in [0.4, 0.5) is 0 Å². The number of rotatable bonds is 5. The van der Waals surface area contributed by atoms with E-state index in [2.05, 4.69) is 82.3 Å². The summed E-state index contributed by atoms with van der Waals surface area (Å²) in [4.78, 5) is 8.94. The molecule has 0 bridgehead atoms. The molecule has 0 aliphatic rings. The highest BCUT2D eigenvalue weighted by atomic mass is 32.1. The number of benzene rings is 2. The monoisotopic (exact) mass is 352 g/mol. The van der Waals surface area contributed by atoms with Gasteiger partial charge in [0.25, 0.3) is 0 Å². The third-order valence-corrected chi connectivity index (χ3v) is 4.93. The summed E-state index contributed by atoms with van der Waals surface area (Å²) in [5, 5.41) is 12.4. The minimum atomic E-state index is 0.468. The highest BCUT2D eigenvalue weighted by Crippen LogP contribution is 2.17. The van der Waals surface area contributed by atoms with Crippen LogP contribution in [0.2, 0.25) is 0 Å². The van der Waals surface area contributed by atoms with Gasteiger partial charge in [0.05, 0.1) is 12.2 Å². The molecular formula is C20H24N4S. The van der Waals surface area contributed by atoms with Gasteiger partial charge in [-0.1, -0.05) is 50.2 Å². The second kappa shape index (κ2) is 8.12. The second-order valence-electron chi connectivity index (χ2n) is 6.28. The van der Waals surface area contributed by atoms with Gasteiger partial charge in [0.1, 0.15) is 5.01 Å². The molecule has 0 fully saturated rings. The number of aromatic nitrogens is 1. The molecule has 130 valence electrons. The topological polar surface area (TPSA) is 49.3 Å². The number of nitrogens with zero attached hydrogens (tertiary/aromatic N) is 2. The maximum atomic E-state index is 4.64. The van der Waals surface area contributed by atoms with E-state index >= 15 is 0 Å². The minimum Gasteiger partial charge on any atom is -0.352 e. The molecule has 2 aromatic carbocycles. The van der Waals surface area contributed by atoms with E-state index in [4.69, 9.17) is 0 Å².